The first-order valence-corrected chi connectivity index (χ1v) is 8.04. The van der Waals surface area contributed by atoms with E-state index in [1.54, 1.807) is 0 Å². The van der Waals surface area contributed by atoms with Crippen LogP contribution in [0.2, 0.25) is 5.02 Å². The molecule has 0 aromatic heterocycles. The van der Waals surface area contributed by atoms with E-state index in [0.717, 1.165) is 4.31 Å². The summed E-state index contributed by atoms with van der Waals surface area (Å²) in [4.78, 5) is 11.7. The summed E-state index contributed by atoms with van der Waals surface area (Å²) in [6, 6.07) is 5.91. The highest BCUT2D eigenvalue weighted by Crippen LogP contribution is 2.31. The molecule has 1 amide bonds. The molecule has 1 aliphatic heterocycles. The van der Waals surface area contributed by atoms with Crippen LogP contribution in [0, 0.1) is 11.3 Å². The number of sulfonamides is 1. The van der Waals surface area contributed by atoms with E-state index in [1.165, 1.54) is 32.0 Å². The van der Waals surface area contributed by atoms with Crippen LogP contribution in [-0.4, -0.2) is 37.3 Å². The summed E-state index contributed by atoms with van der Waals surface area (Å²) < 4.78 is 26.7. The Morgan fingerprint density at radius 1 is 1.43 bits per heavy atom. The molecule has 0 unspecified atom stereocenters. The molecular weight excluding hydrogens is 314 g/mol. The Hall–Kier alpha value is -1.62. The van der Waals surface area contributed by atoms with E-state index in [2.05, 4.69) is 5.32 Å². The number of nitrogens with one attached hydrogen (secondary N) is 1. The van der Waals surface area contributed by atoms with Gasteiger partial charge < -0.3 is 5.32 Å². The van der Waals surface area contributed by atoms with Crippen molar-refractivity contribution in [3.8, 4) is 6.07 Å². The largest absolute Gasteiger partial charge is 0.353 e. The SMILES string of the molecule is CC1(C)C(=O)NCCN1S(=O)(=O)c1cc(C#N)ccc1Cl. The monoisotopic (exact) mass is 327 g/mol. The lowest BCUT2D eigenvalue weighted by atomic mass is 10.0. The number of piperazine rings is 1. The van der Waals surface area contributed by atoms with E-state index < -0.39 is 15.6 Å². The fourth-order valence-corrected chi connectivity index (χ4v) is 4.44. The van der Waals surface area contributed by atoms with Crippen LogP contribution in [0.25, 0.3) is 0 Å². The van der Waals surface area contributed by atoms with Crippen molar-refractivity contribution < 1.29 is 13.2 Å². The predicted octanol–water partition coefficient (Wildman–Crippen LogP) is 1.11. The Bertz CT molecular complexity index is 738. The van der Waals surface area contributed by atoms with Crippen LogP contribution >= 0.6 is 11.6 Å². The van der Waals surface area contributed by atoms with Crippen molar-refractivity contribution >= 4 is 27.5 Å². The van der Waals surface area contributed by atoms with Gasteiger partial charge in [0, 0.05) is 13.1 Å². The lowest BCUT2D eigenvalue weighted by Gasteiger charge is -2.39. The molecule has 0 bridgehead atoms. The van der Waals surface area contributed by atoms with Gasteiger partial charge in [0.15, 0.2) is 0 Å². The number of rotatable bonds is 2. The molecule has 1 aromatic carbocycles. The Labute approximate surface area is 128 Å². The number of halogens is 1. The van der Waals surface area contributed by atoms with E-state index in [4.69, 9.17) is 16.9 Å². The van der Waals surface area contributed by atoms with Gasteiger partial charge in [-0.05, 0) is 32.0 Å². The summed E-state index contributed by atoms with van der Waals surface area (Å²) in [6.45, 7) is 3.44. The van der Waals surface area contributed by atoms with Crippen molar-refractivity contribution in [2.24, 2.45) is 0 Å². The molecule has 6 nitrogen and oxygen atoms in total. The maximum Gasteiger partial charge on any atom is 0.245 e. The molecule has 1 fully saturated rings. The summed E-state index contributed by atoms with van der Waals surface area (Å²) in [5, 5.41) is 11.6. The second-order valence-corrected chi connectivity index (χ2v) is 7.39. The summed E-state index contributed by atoms with van der Waals surface area (Å²) in [5.74, 6) is -0.370. The van der Waals surface area contributed by atoms with Crippen LogP contribution in [0.1, 0.15) is 19.4 Å². The van der Waals surface area contributed by atoms with Crippen LogP contribution in [0.4, 0.5) is 0 Å². The third-order valence-corrected chi connectivity index (χ3v) is 5.96. The number of benzene rings is 1. The number of carbonyl (C=O) groups is 1. The van der Waals surface area contributed by atoms with Crippen molar-refractivity contribution in [1.82, 2.24) is 9.62 Å². The van der Waals surface area contributed by atoms with Gasteiger partial charge in [0.1, 0.15) is 10.4 Å². The first kappa shape index (κ1) is 15.8. The van der Waals surface area contributed by atoms with Gasteiger partial charge in [-0.2, -0.15) is 9.57 Å². The molecule has 0 saturated carbocycles. The van der Waals surface area contributed by atoms with E-state index in [0.29, 0.717) is 0 Å². The van der Waals surface area contributed by atoms with Crippen molar-refractivity contribution in [3.63, 3.8) is 0 Å². The molecule has 112 valence electrons. The molecule has 2 rings (SSSR count). The second kappa shape index (κ2) is 5.30. The number of hydrogen-bond acceptors (Lipinski definition) is 4. The van der Waals surface area contributed by atoms with Crippen LogP contribution in [0.3, 0.4) is 0 Å². The van der Waals surface area contributed by atoms with E-state index in [9.17, 15) is 13.2 Å². The van der Waals surface area contributed by atoms with Crippen LogP contribution in [-0.2, 0) is 14.8 Å². The van der Waals surface area contributed by atoms with E-state index in [-0.39, 0.29) is 34.5 Å². The molecular formula is C13H14ClN3O3S. The number of nitriles is 1. The normalized spacial score (nSPS) is 18.9. The zero-order chi connectivity index (χ0) is 15.8. The highest BCUT2D eigenvalue weighted by molar-refractivity contribution is 7.89. The molecule has 1 heterocycles. The lowest BCUT2D eigenvalue weighted by molar-refractivity contribution is -0.131. The maximum absolute atomic E-state index is 12.8. The summed E-state index contributed by atoms with van der Waals surface area (Å²) in [5.41, 5.74) is -1.03. The van der Waals surface area contributed by atoms with Crippen molar-refractivity contribution in [1.29, 1.82) is 5.26 Å². The first-order valence-electron chi connectivity index (χ1n) is 6.22. The topological polar surface area (TPSA) is 90.3 Å². The zero-order valence-electron chi connectivity index (χ0n) is 11.6. The molecule has 1 aliphatic rings. The Morgan fingerprint density at radius 3 is 2.71 bits per heavy atom. The first-order chi connectivity index (χ1) is 9.71. The maximum atomic E-state index is 12.8. The fourth-order valence-electron chi connectivity index (χ4n) is 2.19. The highest BCUT2D eigenvalue weighted by Gasteiger charge is 2.45. The second-order valence-electron chi connectivity index (χ2n) is 5.15. The standard InChI is InChI=1S/C13H14ClN3O3S/c1-13(2)12(18)16-5-6-17(13)21(19,20)11-7-9(8-15)3-4-10(11)14/h3-4,7H,5-6H2,1-2H3,(H,16,18). The molecule has 1 N–H and O–H groups in total. The third-order valence-electron chi connectivity index (χ3n) is 3.41. The Kier molecular flexibility index (Phi) is 3.97. The number of amides is 1. The zero-order valence-corrected chi connectivity index (χ0v) is 13.1. The average molecular weight is 328 g/mol. The summed E-state index contributed by atoms with van der Waals surface area (Å²) in [6.07, 6.45) is 0. The minimum absolute atomic E-state index is 0.0239. The summed E-state index contributed by atoms with van der Waals surface area (Å²) in [7, 11) is -3.98. The quantitative estimate of drug-likeness (QED) is 0.881. The Balaban J connectivity index is 2.57. The minimum Gasteiger partial charge on any atom is -0.353 e. The lowest BCUT2D eigenvalue weighted by Crippen LogP contribution is -2.63. The molecule has 0 spiro atoms. The number of hydrogen-bond donors (Lipinski definition) is 1. The van der Waals surface area contributed by atoms with Crippen LogP contribution in [0.15, 0.2) is 23.1 Å². The van der Waals surface area contributed by atoms with E-state index in [1.807, 2.05) is 6.07 Å². The highest BCUT2D eigenvalue weighted by atomic mass is 35.5. The van der Waals surface area contributed by atoms with Gasteiger partial charge >= 0.3 is 0 Å². The average Bonchev–Trinajstić information content (AvgIpc) is 2.42. The van der Waals surface area contributed by atoms with Crippen molar-refractivity contribution in [3.05, 3.63) is 28.8 Å². The third kappa shape index (κ3) is 2.62. The molecule has 0 atom stereocenters. The van der Waals surface area contributed by atoms with Gasteiger partial charge in [-0.3, -0.25) is 4.79 Å². The predicted molar refractivity (Wildman–Crippen MR) is 77.1 cm³/mol. The number of nitrogens with zero attached hydrogens (tertiary/aromatic N) is 2. The van der Waals surface area contributed by atoms with Gasteiger partial charge in [-0.15, -0.1) is 0 Å². The molecule has 0 aliphatic carbocycles. The minimum atomic E-state index is -3.98. The van der Waals surface area contributed by atoms with Gasteiger partial charge in [-0.25, -0.2) is 8.42 Å². The fraction of sp³-hybridized carbons (Fsp3) is 0.385. The van der Waals surface area contributed by atoms with Crippen molar-refractivity contribution in [2.75, 3.05) is 13.1 Å². The van der Waals surface area contributed by atoms with Gasteiger partial charge in [0.2, 0.25) is 15.9 Å². The van der Waals surface area contributed by atoms with E-state index >= 15 is 0 Å². The molecule has 8 heteroatoms. The molecule has 1 aromatic rings. The smallest absolute Gasteiger partial charge is 0.245 e. The number of carbonyl (C=O) groups excluding carboxylic acids is 1. The van der Waals surface area contributed by atoms with Crippen LogP contribution < -0.4 is 5.32 Å². The van der Waals surface area contributed by atoms with Gasteiger partial charge in [-0.1, -0.05) is 11.6 Å². The van der Waals surface area contributed by atoms with Gasteiger partial charge in [0.05, 0.1) is 16.7 Å². The van der Waals surface area contributed by atoms with Crippen LogP contribution in [0.5, 0.6) is 0 Å². The summed E-state index contributed by atoms with van der Waals surface area (Å²) >= 11 is 5.97. The molecule has 0 radical (unpaired) electrons. The Morgan fingerprint density at radius 2 is 2.10 bits per heavy atom. The van der Waals surface area contributed by atoms with Crippen molar-refractivity contribution in [2.45, 2.75) is 24.3 Å². The molecule has 21 heavy (non-hydrogen) atoms. The van der Waals surface area contributed by atoms with Gasteiger partial charge in [0.25, 0.3) is 0 Å². The molecule has 1 saturated heterocycles.